The van der Waals surface area contributed by atoms with E-state index >= 15 is 0 Å². The van der Waals surface area contributed by atoms with Crippen molar-refractivity contribution in [2.75, 3.05) is 12.4 Å². The first-order valence-corrected chi connectivity index (χ1v) is 11.8. The Labute approximate surface area is 207 Å². The highest BCUT2D eigenvalue weighted by molar-refractivity contribution is 8.00. The molecule has 2 N–H and O–H groups in total. The minimum absolute atomic E-state index is 0.0987. The monoisotopic (exact) mass is 485 g/mol. The zero-order valence-electron chi connectivity index (χ0n) is 18.9. The maximum absolute atomic E-state index is 13.1. The van der Waals surface area contributed by atoms with Gasteiger partial charge in [0, 0.05) is 29.6 Å². The third-order valence-corrected chi connectivity index (χ3v) is 6.57. The molecule has 3 aromatic carbocycles. The summed E-state index contributed by atoms with van der Waals surface area (Å²) in [4.78, 5) is 51.6. The summed E-state index contributed by atoms with van der Waals surface area (Å²) in [6.45, 7) is 0. The number of anilines is 1. The van der Waals surface area contributed by atoms with E-state index in [0.29, 0.717) is 11.3 Å². The van der Waals surface area contributed by atoms with Crippen LogP contribution in [0.1, 0.15) is 22.3 Å². The van der Waals surface area contributed by atoms with Crippen molar-refractivity contribution in [3.8, 4) is 0 Å². The van der Waals surface area contributed by atoms with Crippen molar-refractivity contribution in [1.82, 2.24) is 10.2 Å². The van der Waals surface area contributed by atoms with E-state index in [1.807, 2.05) is 36.4 Å². The number of carbonyl (C=O) groups excluding carboxylic acids is 4. The van der Waals surface area contributed by atoms with Crippen molar-refractivity contribution in [1.29, 1.82) is 0 Å². The van der Waals surface area contributed by atoms with Gasteiger partial charge in [-0.25, -0.2) is 0 Å². The summed E-state index contributed by atoms with van der Waals surface area (Å²) in [5, 5.41) is 5.07. The Morgan fingerprint density at radius 3 is 2.14 bits per heavy atom. The maximum Gasteiger partial charge on any atom is 0.272 e. The van der Waals surface area contributed by atoms with Crippen molar-refractivity contribution >= 4 is 47.2 Å². The molecule has 7 nitrogen and oxygen atoms in total. The summed E-state index contributed by atoms with van der Waals surface area (Å²) in [7, 11) is 1.49. The lowest BCUT2D eigenvalue weighted by Crippen LogP contribution is -2.30. The molecular weight excluding hydrogens is 462 g/mol. The maximum atomic E-state index is 13.1. The number of imide groups is 1. The zero-order chi connectivity index (χ0) is 24.8. The molecule has 1 fully saturated rings. The Morgan fingerprint density at radius 2 is 1.54 bits per heavy atom. The predicted octanol–water partition coefficient (Wildman–Crippen LogP) is 3.95. The first kappa shape index (κ1) is 24.0. The second-order valence-corrected chi connectivity index (χ2v) is 9.15. The molecule has 1 saturated heterocycles. The van der Waals surface area contributed by atoms with Gasteiger partial charge in [0.25, 0.3) is 11.8 Å². The number of likely N-dealkylation sites (tertiary alicyclic amines) is 1. The molecule has 3 aromatic rings. The normalized spacial score (nSPS) is 15.7. The summed E-state index contributed by atoms with van der Waals surface area (Å²) in [5.41, 5.74) is 1.82. The fourth-order valence-corrected chi connectivity index (χ4v) is 4.56. The minimum Gasteiger partial charge on any atom is -0.321 e. The van der Waals surface area contributed by atoms with Crippen LogP contribution in [0.15, 0.2) is 95.5 Å². The molecule has 0 radical (unpaired) electrons. The number of nitrogens with zero attached hydrogens (tertiary/aromatic N) is 1. The van der Waals surface area contributed by atoms with E-state index in [9.17, 15) is 19.2 Å². The topological polar surface area (TPSA) is 95.6 Å². The van der Waals surface area contributed by atoms with Crippen molar-refractivity contribution in [2.45, 2.75) is 16.6 Å². The van der Waals surface area contributed by atoms with E-state index in [4.69, 9.17) is 0 Å². The van der Waals surface area contributed by atoms with Crippen LogP contribution in [0.5, 0.6) is 0 Å². The molecular formula is C27H23N3O4S. The summed E-state index contributed by atoms with van der Waals surface area (Å²) in [6.07, 6.45) is 1.78. The van der Waals surface area contributed by atoms with Gasteiger partial charge in [0.15, 0.2) is 0 Å². The number of nitrogens with one attached hydrogen (secondary N) is 2. The lowest BCUT2D eigenvalue weighted by atomic mass is 10.1. The van der Waals surface area contributed by atoms with Gasteiger partial charge < -0.3 is 10.6 Å². The molecule has 1 unspecified atom stereocenters. The summed E-state index contributed by atoms with van der Waals surface area (Å²) in [5.74, 6) is -1.26. The van der Waals surface area contributed by atoms with Crippen LogP contribution in [-0.2, 0) is 14.4 Å². The minimum atomic E-state index is -0.475. The van der Waals surface area contributed by atoms with Crippen LogP contribution < -0.4 is 10.6 Å². The average molecular weight is 486 g/mol. The summed E-state index contributed by atoms with van der Waals surface area (Å²) >= 11 is 1.32. The van der Waals surface area contributed by atoms with Gasteiger partial charge in [-0.05, 0) is 48.0 Å². The second-order valence-electron chi connectivity index (χ2n) is 7.87. The standard InChI is InChI=1S/C27H23N3O4S/c1-30-24(31)17-23(27(30)34)35-21-14-12-20(13-15-21)28-26(33)22(16-18-8-4-2-5-9-18)29-25(32)19-10-6-3-7-11-19/h2-16,23H,17H2,1H3,(H,28,33)(H,29,32)/b22-16-. The average Bonchev–Trinajstić information content (AvgIpc) is 3.12. The molecule has 8 heteroatoms. The lowest BCUT2D eigenvalue weighted by molar-refractivity contribution is -0.136. The molecule has 0 aliphatic carbocycles. The van der Waals surface area contributed by atoms with Gasteiger partial charge in [-0.2, -0.15) is 0 Å². The summed E-state index contributed by atoms with van der Waals surface area (Å²) < 4.78 is 0. The van der Waals surface area contributed by atoms with Gasteiger partial charge in [-0.3, -0.25) is 24.1 Å². The van der Waals surface area contributed by atoms with E-state index < -0.39 is 17.1 Å². The third-order valence-electron chi connectivity index (χ3n) is 5.37. The Morgan fingerprint density at radius 1 is 0.914 bits per heavy atom. The van der Waals surface area contributed by atoms with Crippen LogP contribution in [0.4, 0.5) is 5.69 Å². The molecule has 4 rings (SSSR count). The van der Waals surface area contributed by atoms with Crippen LogP contribution in [0.2, 0.25) is 0 Å². The first-order valence-electron chi connectivity index (χ1n) is 10.9. The highest BCUT2D eigenvalue weighted by Crippen LogP contribution is 2.31. The number of carbonyl (C=O) groups is 4. The van der Waals surface area contributed by atoms with Crippen molar-refractivity contribution in [3.05, 3.63) is 102 Å². The van der Waals surface area contributed by atoms with Crippen molar-refractivity contribution in [2.24, 2.45) is 0 Å². The van der Waals surface area contributed by atoms with Gasteiger partial charge >= 0.3 is 0 Å². The molecule has 1 aliphatic heterocycles. The quantitative estimate of drug-likeness (QED) is 0.390. The molecule has 0 bridgehead atoms. The Bertz CT molecular complexity index is 1270. The smallest absolute Gasteiger partial charge is 0.272 e. The number of rotatable bonds is 7. The van der Waals surface area contributed by atoms with Gasteiger partial charge in [0.05, 0.1) is 5.25 Å². The Balaban J connectivity index is 1.47. The number of hydrogen-bond donors (Lipinski definition) is 2. The first-order chi connectivity index (χ1) is 16.9. The molecule has 1 heterocycles. The van der Waals surface area contributed by atoms with E-state index in [-0.39, 0.29) is 23.9 Å². The Kier molecular flexibility index (Phi) is 7.42. The molecule has 4 amide bonds. The van der Waals surface area contributed by atoms with Crippen molar-refractivity contribution < 1.29 is 19.2 Å². The number of thioether (sulfide) groups is 1. The van der Waals surface area contributed by atoms with Gasteiger partial charge in [0.2, 0.25) is 11.8 Å². The van der Waals surface area contributed by atoms with Crippen LogP contribution in [0.3, 0.4) is 0 Å². The predicted molar refractivity (Wildman–Crippen MR) is 135 cm³/mol. The molecule has 1 aliphatic rings. The highest BCUT2D eigenvalue weighted by Gasteiger charge is 2.36. The molecule has 0 aromatic heterocycles. The van der Waals surface area contributed by atoms with E-state index in [2.05, 4.69) is 10.6 Å². The van der Waals surface area contributed by atoms with Gasteiger partial charge in [-0.15, -0.1) is 11.8 Å². The zero-order valence-corrected chi connectivity index (χ0v) is 19.7. The number of amides is 4. The molecule has 35 heavy (non-hydrogen) atoms. The van der Waals surface area contributed by atoms with Crippen molar-refractivity contribution in [3.63, 3.8) is 0 Å². The number of benzene rings is 3. The van der Waals surface area contributed by atoms with E-state index in [0.717, 1.165) is 15.4 Å². The highest BCUT2D eigenvalue weighted by atomic mass is 32.2. The molecule has 0 spiro atoms. The fraction of sp³-hybridized carbons (Fsp3) is 0.111. The van der Waals surface area contributed by atoms with Gasteiger partial charge in [-0.1, -0.05) is 48.5 Å². The lowest BCUT2D eigenvalue weighted by Gasteiger charge is -2.12. The van der Waals surface area contributed by atoms with Gasteiger partial charge in [0.1, 0.15) is 5.70 Å². The third kappa shape index (κ3) is 6.04. The van der Waals surface area contributed by atoms with Crippen LogP contribution in [-0.4, -0.2) is 40.8 Å². The molecule has 0 saturated carbocycles. The van der Waals surface area contributed by atoms with E-state index in [1.54, 1.807) is 54.6 Å². The van der Waals surface area contributed by atoms with E-state index in [1.165, 1.54) is 18.8 Å². The van der Waals surface area contributed by atoms with Crippen LogP contribution >= 0.6 is 11.8 Å². The number of hydrogen-bond acceptors (Lipinski definition) is 5. The largest absolute Gasteiger partial charge is 0.321 e. The second kappa shape index (κ2) is 10.8. The van der Waals surface area contributed by atoms with Crippen LogP contribution in [0, 0.1) is 0 Å². The molecule has 1 atom stereocenters. The fourth-order valence-electron chi connectivity index (χ4n) is 3.45. The molecule has 176 valence electrons. The van der Waals surface area contributed by atoms with Crippen LogP contribution in [0.25, 0.3) is 6.08 Å². The summed E-state index contributed by atoms with van der Waals surface area (Å²) in [6, 6.07) is 24.9. The Hall–Kier alpha value is -4.17. The SMILES string of the molecule is CN1C(=O)CC(Sc2ccc(NC(=O)/C(=C/c3ccccc3)NC(=O)c3ccccc3)cc2)C1=O.